The summed E-state index contributed by atoms with van der Waals surface area (Å²) in [6, 6.07) is 8.69. The Morgan fingerprint density at radius 1 is 1.35 bits per heavy atom. The zero-order valence-electron chi connectivity index (χ0n) is 10.5. The van der Waals surface area contributed by atoms with Gasteiger partial charge in [-0.2, -0.15) is 14.6 Å². The number of aromatic nitrogens is 4. The predicted octanol–water partition coefficient (Wildman–Crippen LogP) is 1.50. The Hall–Kier alpha value is -2.96. The Kier molecular flexibility index (Phi) is 2.79. The lowest BCUT2D eigenvalue weighted by Gasteiger charge is -2.08. The van der Waals surface area contributed by atoms with E-state index in [4.69, 9.17) is 4.74 Å². The summed E-state index contributed by atoms with van der Waals surface area (Å²) in [5, 5.41) is 13.1. The van der Waals surface area contributed by atoms with Crippen molar-refractivity contribution in [1.29, 1.82) is 0 Å². The smallest absolute Gasteiger partial charge is 0.354 e. The summed E-state index contributed by atoms with van der Waals surface area (Å²) < 4.78 is 6.45. The molecule has 0 aliphatic rings. The molecule has 7 nitrogen and oxygen atoms in total. The molecule has 0 bridgehead atoms. The van der Waals surface area contributed by atoms with Gasteiger partial charge in [-0.25, -0.2) is 9.78 Å². The normalized spacial score (nSPS) is 10.7. The number of fused-ring (bicyclic) bond motifs is 1. The van der Waals surface area contributed by atoms with Crippen LogP contribution in [-0.4, -0.2) is 37.8 Å². The summed E-state index contributed by atoms with van der Waals surface area (Å²) in [6.45, 7) is 0. The second-order valence-electron chi connectivity index (χ2n) is 4.00. The van der Waals surface area contributed by atoms with Gasteiger partial charge in [0.2, 0.25) is 0 Å². The minimum atomic E-state index is -1.10. The van der Waals surface area contributed by atoms with Crippen LogP contribution < -0.4 is 4.74 Å². The molecule has 0 aliphatic carbocycles. The molecule has 0 spiro atoms. The Morgan fingerprint density at radius 2 is 2.15 bits per heavy atom. The SMILES string of the molecule is COc1ccccc1-c1cc(C(=O)O)n2ncnc2n1. The summed E-state index contributed by atoms with van der Waals surface area (Å²) in [5.41, 5.74) is 1.16. The van der Waals surface area contributed by atoms with Crippen LogP contribution in [0.25, 0.3) is 17.0 Å². The average Bonchev–Trinajstić information content (AvgIpc) is 2.94. The molecule has 0 saturated carbocycles. The Bertz CT molecular complexity index is 797. The molecule has 2 heterocycles. The lowest BCUT2D eigenvalue weighted by molar-refractivity contribution is 0.0687. The Labute approximate surface area is 113 Å². The van der Waals surface area contributed by atoms with E-state index in [-0.39, 0.29) is 11.5 Å². The van der Waals surface area contributed by atoms with Gasteiger partial charge < -0.3 is 9.84 Å². The van der Waals surface area contributed by atoms with Gasteiger partial charge in [-0.15, -0.1) is 0 Å². The number of hydrogen-bond donors (Lipinski definition) is 1. The summed E-state index contributed by atoms with van der Waals surface area (Å²) in [4.78, 5) is 19.5. The second kappa shape index (κ2) is 4.61. The van der Waals surface area contributed by atoms with Crippen molar-refractivity contribution in [1.82, 2.24) is 19.6 Å². The van der Waals surface area contributed by atoms with Crippen molar-refractivity contribution in [2.45, 2.75) is 0 Å². The number of methoxy groups -OCH3 is 1. The standard InChI is InChI=1S/C13H10N4O3/c1-20-11-5-3-2-4-8(11)9-6-10(12(18)19)17-13(16-9)14-7-15-17/h2-7H,1H3,(H,18,19). The number of carbonyl (C=O) groups is 1. The first-order valence-electron chi connectivity index (χ1n) is 5.78. The van der Waals surface area contributed by atoms with E-state index >= 15 is 0 Å². The average molecular weight is 270 g/mol. The van der Waals surface area contributed by atoms with Gasteiger partial charge in [0.05, 0.1) is 12.8 Å². The minimum absolute atomic E-state index is 0.00611. The van der Waals surface area contributed by atoms with Crippen LogP contribution in [0.1, 0.15) is 10.5 Å². The number of ether oxygens (including phenoxy) is 1. The van der Waals surface area contributed by atoms with Crippen LogP contribution in [-0.2, 0) is 0 Å². The molecule has 3 rings (SSSR count). The summed E-state index contributed by atoms with van der Waals surface area (Å²) in [6.07, 6.45) is 1.26. The first kappa shape index (κ1) is 12.1. The Balaban J connectivity index is 2.29. The van der Waals surface area contributed by atoms with Gasteiger partial charge in [0, 0.05) is 5.56 Å². The van der Waals surface area contributed by atoms with E-state index in [9.17, 15) is 9.90 Å². The van der Waals surface area contributed by atoms with E-state index in [0.29, 0.717) is 17.0 Å². The Morgan fingerprint density at radius 3 is 2.90 bits per heavy atom. The number of carboxylic acid groups (broad SMARTS) is 1. The summed E-state index contributed by atoms with van der Waals surface area (Å²) in [7, 11) is 1.55. The van der Waals surface area contributed by atoms with Crippen LogP contribution in [0.2, 0.25) is 0 Å². The third-order valence-electron chi connectivity index (χ3n) is 2.85. The largest absolute Gasteiger partial charge is 0.496 e. The highest BCUT2D eigenvalue weighted by atomic mass is 16.5. The number of carboxylic acids is 1. The lowest BCUT2D eigenvalue weighted by Crippen LogP contribution is -2.08. The van der Waals surface area contributed by atoms with Crippen molar-refractivity contribution in [3.63, 3.8) is 0 Å². The molecule has 0 aliphatic heterocycles. The maximum atomic E-state index is 11.3. The fraction of sp³-hybridized carbons (Fsp3) is 0.0769. The van der Waals surface area contributed by atoms with Crippen LogP contribution in [0, 0.1) is 0 Å². The molecule has 1 N–H and O–H groups in total. The quantitative estimate of drug-likeness (QED) is 0.775. The van der Waals surface area contributed by atoms with Crippen LogP contribution in [0.5, 0.6) is 5.75 Å². The number of para-hydroxylation sites is 1. The summed E-state index contributed by atoms with van der Waals surface area (Å²) in [5.74, 6) is -0.259. The van der Waals surface area contributed by atoms with Gasteiger partial charge in [0.25, 0.3) is 5.78 Å². The van der Waals surface area contributed by atoms with Crippen molar-refractivity contribution in [2.24, 2.45) is 0 Å². The number of nitrogens with zero attached hydrogens (tertiary/aromatic N) is 4. The second-order valence-corrected chi connectivity index (χ2v) is 4.00. The van der Waals surface area contributed by atoms with Crippen LogP contribution >= 0.6 is 0 Å². The van der Waals surface area contributed by atoms with Crippen LogP contribution in [0.4, 0.5) is 0 Å². The third-order valence-corrected chi connectivity index (χ3v) is 2.85. The highest BCUT2D eigenvalue weighted by molar-refractivity contribution is 5.88. The van der Waals surface area contributed by atoms with E-state index in [1.165, 1.54) is 16.9 Å². The number of benzene rings is 1. The lowest BCUT2D eigenvalue weighted by atomic mass is 10.1. The molecule has 7 heteroatoms. The molecule has 20 heavy (non-hydrogen) atoms. The van der Waals surface area contributed by atoms with Gasteiger partial charge in [-0.3, -0.25) is 0 Å². The summed E-state index contributed by atoms with van der Waals surface area (Å²) >= 11 is 0. The minimum Gasteiger partial charge on any atom is -0.496 e. The van der Waals surface area contributed by atoms with E-state index in [2.05, 4.69) is 15.1 Å². The van der Waals surface area contributed by atoms with Gasteiger partial charge in [0.15, 0.2) is 5.69 Å². The highest BCUT2D eigenvalue weighted by Gasteiger charge is 2.16. The zero-order chi connectivity index (χ0) is 14.1. The van der Waals surface area contributed by atoms with E-state index in [1.54, 1.807) is 19.2 Å². The molecule has 0 amide bonds. The molecule has 0 saturated heterocycles. The molecule has 2 aromatic heterocycles. The van der Waals surface area contributed by atoms with Crippen LogP contribution in [0.3, 0.4) is 0 Å². The van der Waals surface area contributed by atoms with Gasteiger partial charge in [-0.1, -0.05) is 12.1 Å². The highest BCUT2D eigenvalue weighted by Crippen LogP contribution is 2.28. The third kappa shape index (κ3) is 1.85. The molecule has 0 fully saturated rings. The fourth-order valence-electron chi connectivity index (χ4n) is 1.96. The predicted molar refractivity (Wildman–Crippen MR) is 69.7 cm³/mol. The topological polar surface area (TPSA) is 89.6 Å². The zero-order valence-corrected chi connectivity index (χ0v) is 10.5. The maximum Gasteiger partial charge on any atom is 0.354 e. The maximum absolute atomic E-state index is 11.3. The fourth-order valence-corrected chi connectivity index (χ4v) is 1.96. The van der Waals surface area contributed by atoms with E-state index in [0.717, 1.165) is 0 Å². The van der Waals surface area contributed by atoms with Gasteiger partial charge in [-0.05, 0) is 18.2 Å². The van der Waals surface area contributed by atoms with Crippen molar-refractivity contribution in [2.75, 3.05) is 7.11 Å². The first-order valence-corrected chi connectivity index (χ1v) is 5.78. The number of rotatable bonds is 3. The van der Waals surface area contributed by atoms with Crippen molar-refractivity contribution in [3.8, 4) is 17.0 Å². The molecular formula is C13H10N4O3. The van der Waals surface area contributed by atoms with Gasteiger partial charge in [0.1, 0.15) is 12.1 Å². The van der Waals surface area contributed by atoms with Crippen molar-refractivity contribution in [3.05, 3.63) is 42.4 Å². The first-order chi connectivity index (χ1) is 9.70. The van der Waals surface area contributed by atoms with Gasteiger partial charge >= 0.3 is 5.97 Å². The molecule has 0 unspecified atom stereocenters. The van der Waals surface area contributed by atoms with E-state index < -0.39 is 5.97 Å². The molecule has 3 aromatic rings. The monoisotopic (exact) mass is 270 g/mol. The molecule has 1 aromatic carbocycles. The van der Waals surface area contributed by atoms with Crippen LogP contribution in [0.15, 0.2) is 36.7 Å². The van der Waals surface area contributed by atoms with Crippen molar-refractivity contribution < 1.29 is 14.6 Å². The number of aromatic carboxylic acids is 1. The molecular weight excluding hydrogens is 260 g/mol. The van der Waals surface area contributed by atoms with E-state index in [1.807, 2.05) is 12.1 Å². The van der Waals surface area contributed by atoms with Crippen molar-refractivity contribution >= 4 is 11.7 Å². The molecule has 0 atom stereocenters. The molecule has 100 valence electrons. The number of hydrogen-bond acceptors (Lipinski definition) is 5. The molecule has 0 radical (unpaired) electrons.